The van der Waals surface area contributed by atoms with Crippen molar-refractivity contribution in [2.75, 3.05) is 18.0 Å². The molecule has 0 bridgehead atoms. The van der Waals surface area contributed by atoms with Gasteiger partial charge in [0.05, 0.1) is 0 Å². The number of alkyl halides is 1. The predicted octanol–water partition coefficient (Wildman–Crippen LogP) is 2.19. The number of fused-ring (bicyclic) bond motifs is 1. The van der Waals surface area contributed by atoms with E-state index in [1.807, 2.05) is 0 Å². The molecule has 3 heterocycles. The number of hydrogen-bond donors (Lipinski definition) is 0. The van der Waals surface area contributed by atoms with Gasteiger partial charge in [-0.25, -0.2) is 9.37 Å². The lowest BCUT2D eigenvalue weighted by atomic mass is 10.2. The predicted molar refractivity (Wildman–Crippen MR) is 70.0 cm³/mol. The molecule has 1 aliphatic heterocycles. The lowest BCUT2D eigenvalue weighted by Crippen LogP contribution is -2.24. The maximum absolute atomic E-state index is 13.2. The number of hydrogen-bond acceptors (Lipinski definition) is 5. The van der Waals surface area contributed by atoms with Crippen LogP contribution in [0, 0.1) is 17.7 Å². The van der Waals surface area contributed by atoms with Crippen LogP contribution in [0.2, 0.25) is 0 Å². The van der Waals surface area contributed by atoms with Crippen molar-refractivity contribution < 1.29 is 8.91 Å². The van der Waals surface area contributed by atoms with E-state index < -0.39 is 0 Å². The number of aromatic nitrogens is 3. The highest BCUT2D eigenvalue weighted by Crippen LogP contribution is 2.57. The number of piperidine rings is 1. The minimum atomic E-state index is -0.253. The molecule has 0 amide bonds. The van der Waals surface area contributed by atoms with Gasteiger partial charge in [-0.1, -0.05) is 5.16 Å². The topological polar surface area (TPSA) is 55.1 Å². The van der Waals surface area contributed by atoms with E-state index >= 15 is 0 Å². The summed E-state index contributed by atoms with van der Waals surface area (Å²) in [6, 6.07) is 2.83. The van der Waals surface area contributed by atoms with Crippen molar-refractivity contribution >= 4 is 17.4 Å². The van der Waals surface area contributed by atoms with Gasteiger partial charge in [0.2, 0.25) is 5.89 Å². The number of halogens is 2. The van der Waals surface area contributed by atoms with Gasteiger partial charge >= 0.3 is 0 Å². The summed E-state index contributed by atoms with van der Waals surface area (Å²) in [6.07, 6.45) is 1.50. The summed E-state index contributed by atoms with van der Waals surface area (Å²) >= 11 is 5.66. The van der Waals surface area contributed by atoms with E-state index in [0.29, 0.717) is 29.5 Å². The van der Waals surface area contributed by atoms with Crippen LogP contribution >= 0.6 is 11.6 Å². The zero-order chi connectivity index (χ0) is 13.7. The van der Waals surface area contributed by atoms with Gasteiger partial charge in [0.15, 0.2) is 5.82 Å². The summed E-state index contributed by atoms with van der Waals surface area (Å²) in [7, 11) is 0. The zero-order valence-electron chi connectivity index (χ0n) is 10.5. The fourth-order valence-electron chi connectivity index (χ4n) is 3.12. The van der Waals surface area contributed by atoms with Crippen molar-refractivity contribution in [1.29, 1.82) is 0 Å². The fraction of sp³-hybridized carbons (Fsp3) is 0.462. The molecule has 4 rings (SSSR count). The molecule has 2 aromatic rings. The second kappa shape index (κ2) is 4.41. The third kappa shape index (κ3) is 1.86. The average Bonchev–Trinajstić information content (AvgIpc) is 2.87. The lowest BCUT2D eigenvalue weighted by molar-refractivity contribution is 0.383. The van der Waals surface area contributed by atoms with Crippen molar-refractivity contribution in [2.24, 2.45) is 11.8 Å². The minimum absolute atomic E-state index is 0.244. The Morgan fingerprint density at radius 1 is 1.40 bits per heavy atom. The minimum Gasteiger partial charge on any atom is -0.356 e. The molecule has 0 N–H and O–H groups in total. The molecule has 1 saturated carbocycles. The third-order valence-electron chi connectivity index (χ3n) is 4.12. The van der Waals surface area contributed by atoms with Crippen molar-refractivity contribution in [2.45, 2.75) is 11.8 Å². The summed E-state index contributed by atoms with van der Waals surface area (Å²) in [4.78, 5) is 10.6. The van der Waals surface area contributed by atoms with E-state index in [9.17, 15) is 4.39 Å². The van der Waals surface area contributed by atoms with E-state index in [0.717, 1.165) is 18.9 Å². The van der Waals surface area contributed by atoms with Crippen molar-refractivity contribution in [3.8, 4) is 0 Å². The van der Waals surface area contributed by atoms with E-state index in [2.05, 4.69) is 20.0 Å². The highest BCUT2D eigenvalue weighted by molar-refractivity contribution is 6.16. The molecule has 0 spiro atoms. The Labute approximate surface area is 119 Å². The van der Waals surface area contributed by atoms with Gasteiger partial charge in [0.1, 0.15) is 17.5 Å². The van der Waals surface area contributed by atoms with Crippen molar-refractivity contribution in [3.05, 3.63) is 35.9 Å². The van der Waals surface area contributed by atoms with Crippen LogP contribution in [0.1, 0.15) is 17.6 Å². The van der Waals surface area contributed by atoms with Crippen LogP contribution in [0.25, 0.3) is 0 Å². The Balaban J connectivity index is 1.46. The summed E-state index contributed by atoms with van der Waals surface area (Å²) < 4.78 is 18.2. The smallest absolute Gasteiger partial charge is 0.241 e. The number of anilines is 1. The quantitative estimate of drug-likeness (QED) is 0.812. The average molecular weight is 295 g/mol. The third-order valence-corrected chi connectivity index (χ3v) is 4.35. The lowest BCUT2D eigenvalue weighted by Gasteiger charge is -2.20. The van der Waals surface area contributed by atoms with Crippen LogP contribution < -0.4 is 4.90 Å². The van der Waals surface area contributed by atoms with Gasteiger partial charge in [-0.15, -0.1) is 11.6 Å². The first-order valence-electron chi connectivity index (χ1n) is 6.51. The summed E-state index contributed by atoms with van der Waals surface area (Å²) in [5.41, 5.74) is 0. The van der Waals surface area contributed by atoms with Crippen LogP contribution in [0.5, 0.6) is 0 Å². The van der Waals surface area contributed by atoms with E-state index in [4.69, 9.17) is 16.1 Å². The molecule has 5 nitrogen and oxygen atoms in total. The molecule has 104 valence electrons. The van der Waals surface area contributed by atoms with Crippen LogP contribution in [-0.4, -0.2) is 28.2 Å². The maximum Gasteiger partial charge on any atom is 0.241 e. The first kappa shape index (κ1) is 12.1. The molecular formula is C13H12ClFN4O. The van der Waals surface area contributed by atoms with E-state index in [-0.39, 0.29) is 11.7 Å². The molecule has 2 aromatic heterocycles. The van der Waals surface area contributed by atoms with Crippen LogP contribution in [0.3, 0.4) is 0 Å². The molecule has 0 unspecified atom stereocenters. The zero-order valence-corrected chi connectivity index (χ0v) is 11.3. The van der Waals surface area contributed by atoms with Crippen LogP contribution in [0.4, 0.5) is 10.2 Å². The molecule has 1 aliphatic carbocycles. The largest absolute Gasteiger partial charge is 0.356 e. The fourth-order valence-corrected chi connectivity index (χ4v) is 3.23. The number of nitrogens with zero attached hydrogens (tertiary/aromatic N) is 4. The summed E-state index contributed by atoms with van der Waals surface area (Å²) in [5, 5.41) is 3.98. The summed E-state index contributed by atoms with van der Waals surface area (Å²) in [6.45, 7) is 1.72. The molecule has 0 radical (unpaired) electrons. The van der Waals surface area contributed by atoms with Gasteiger partial charge in [0.25, 0.3) is 0 Å². The molecule has 1 saturated heterocycles. The van der Waals surface area contributed by atoms with E-state index in [1.54, 1.807) is 0 Å². The number of pyridine rings is 1. The van der Waals surface area contributed by atoms with Gasteiger partial charge in [-0.3, -0.25) is 0 Å². The molecule has 7 heteroatoms. The molecule has 2 aliphatic rings. The normalized spacial score (nSPS) is 27.7. The first-order valence-corrected chi connectivity index (χ1v) is 7.04. The SMILES string of the molecule is Fc1ccnc(N2C[C@@H]3[C@H](C2)[C@@H]3c2noc(CCl)n2)c1. The van der Waals surface area contributed by atoms with Crippen LogP contribution in [-0.2, 0) is 5.88 Å². The highest BCUT2D eigenvalue weighted by Gasteiger charge is 2.58. The number of rotatable bonds is 3. The first-order chi connectivity index (χ1) is 9.76. The second-order valence-corrected chi connectivity index (χ2v) is 5.54. The Morgan fingerprint density at radius 2 is 2.20 bits per heavy atom. The van der Waals surface area contributed by atoms with Crippen LogP contribution in [0.15, 0.2) is 22.9 Å². The Morgan fingerprint density at radius 3 is 2.85 bits per heavy atom. The van der Waals surface area contributed by atoms with Gasteiger partial charge < -0.3 is 9.42 Å². The molecule has 0 aromatic carbocycles. The molecule has 2 fully saturated rings. The molecule has 20 heavy (non-hydrogen) atoms. The molecule has 3 atom stereocenters. The highest BCUT2D eigenvalue weighted by atomic mass is 35.5. The van der Waals surface area contributed by atoms with Crippen molar-refractivity contribution in [3.63, 3.8) is 0 Å². The molecular weight excluding hydrogens is 283 g/mol. The van der Waals surface area contributed by atoms with Gasteiger partial charge in [-0.2, -0.15) is 4.98 Å². The maximum atomic E-state index is 13.2. The monoisotopic (exact) mass is 294 g/mol. The standard InChI is InChI=1S/C13H12ClFN4O/c14-4-11-17-13(18-20-11)12-8-5-19(6-9(8)12)10-3-7(15)1-2-16-10/h1-3,8-9,12H,4-6H2/t8-,9+,12-. The van der Waals surface area contributed by atoms with Crippen molar-refractivity contribution in [1.82, 2.24) is 15.1 Å². The van der Waals surface area contributed by atoms with Gasteiger partial charge in [-0.05, 0) is 17.9 Å². The van der Waals surface area contributed by atoms with Gasteiger partial charge in [0, 0.05) is 31.3 Å². The Kier molecular flexibility index (Phi) is 2.66. The van der Waals surface area contributed by atoms with E-state index in [1.165, 1.54) is 18.3 Å². The Hall–Kier alpha value is -1.69. The Bertz CT molecular complexity index is 637. The second-order valence-electron chi connectivity index (χ2n) is 5.27. The summed E-state index contributed by atoms with van der Waals surface area (Å²) in [5.74, 6) is 3.26.